The molecule has 19 heavy (non-hydrogen) atoms. The van der Waals surface area contributed by atoms with E-state index in [0.717, 1.165) is 16.7 Å². The van der Waals surface area contributed by atoms with Gasteiger partial charge in [-0.2, -0.15) is 0 Å². The predicted octanol–water partition coefficient (Wildman–Crippen LogP) is -2.97. The number of rotatable bonds is 0. The van der Waals surface area contributed by atoms with Gasteiger partial charge in [0, 0.05) is 58.4 Å². The van der Waals surface area contributed by atoms with Crippen LogP contribution in [0.2, 0.25) is 0 Å². The van der Waals surface area contributed by atoms with Crippen LogP contribution in [0.3, 0.4) is 0 Å². The fourth-order valence-electron chi connectivity index (χ4n) is 1.36. The van der Waals surface area contributed by atoms with Crippen LogP contribution in [0, 0.1) is 65.9 Å². The van der Waals surface area contributed by atoms with Crippen LogP contribution in [0.1, 0.15) is 16.7 Å². The van der Waals surface area contributed by atoms with Crippen molar-refractivity contribution >= 4 is 0 Å². The topological polar surface area (TPSA) is 0 Å². The van der Waals surface area contributed by atoms with Gasteiger partial charge in [0.05, 0.1) is 0 Å². The quantitative estimate of drug-likeness (QED) is 0.406. The summed E-state index contributed by atoms with van der Waals surface area (Å²) in [6.45, 7) is 0. The zero-order valence-corrected chi connectivity index (χ0v) is 14.6. The largest absolute Gasteiger partial charge is 1.00 e. The van der Waals surface area contributed by atoms with Gasteiger partial charge >= 0.3 is 0 Å². The first-order valence-electron chi connectivity index (χ1n) is 4.99. The second-order valence-corrected chi connectivity index (χ2v) is 3.29. The fourth-order valence-corrected chi connectivity index (χ4v) is 1.36. The van der Waals surface area contributed by atoms with Gasteiger partial charge in [0.15, 0.2) is 0 Å². The molecule has 3 heteroatoms. The Labute approximate surface area is 160 Å². The third kappa shape index (κ3) is 6.48. The molecule has 0 atom stereocenters. The first-order valence-corrected chi connectivity index (χ1v) is 4.99. The molecule has 0 aliphatic rings. The summed E-state index contributed by atoms with van der Waals surface area (Å²) in [5.41, 5.74) is 2.54. The molecule has 2 aromatic carbocycles. The Balaban J connectivity index is 0. The van der Waals surface area contributed by atoms with Crippen molar-refractivity contribution in [2.24, 2.45) is 0 Å². The van der Waals surface area contributed by atoms with Crippen LogP contribution >= 0.6 is 0 Å². The van der Waals surface area contributed by atoms with E-state index in [1.54, 1.807) is 0 Å². The van der Waals surface area contributed by atoms with Gasteiger partial charge in [0.25, 0.3) is 0 Å². The molecular weight excluding hydrogens is 403 g/mol. The molecule has 0 nitrogen and oxygen atoms in total. The number of hydrogen-bond donors (Lipinski definition) is 0. The third-order valence-electron chi connectivity index (χ3n) is 2.18. The van der Waals surface area contributed by atoms with Crippen molar-refractivity contribution in [2.75, 3.05) is 0 Å². The maximum Gasteiger partial charge on any atom is 0.0412 e. The van der Waals surface area contributed by atoms with E-state index in [-0.39, 0.29) is 66.6 Å². The van der Waals surface area contributed by atoms with Gasteiger partial charge in [0.1, 0.15) is 0 Å². The Morgan fingerprint density at radius 2 is 1.21 bits per heavy atom. The van der Waals surface area contributed by atoms with Crippen LogP contribution in [-0.4, -0.2) is 0 Å². The van der Waals surface area contributed by atoms with Crippen LogP contribution in [0.5, 0.6) is 0 Å². The van der Waals surface area contributed by atoms with Crippen molar-refractivity contribution in [3.05, 3.63) is 77.7 Å². The van der Waals surface area contributed by atoms with Crippen LogP contribution in [0.15, 0.2) is 54.6 Å². The van der Waals surface area contributed by atoms with E-state index in [1.165, 1.54) is 0 Å². The van der Waals surface area contributed by atoms with E-state index >= 15 is 0 Å². The average molecular weight is 412 g/mol. The predicted molar refractivity (Wildman–Crippen MR) is 65.1 cm³/mol. The Morgan fingerprint density at radius 1 is 0.684 bits per heavy atom. The first kappa shape index (κ1) is 20.8. The van der Waals surface area contributed by atoms with Gasteiger partial charge in [0.2, 0.25) is 0 Å². The van der Waals surface area contributed by atoms with E-state index in [1.807, 2.05) is 54.6 Å². The summed E-state index contributed by atoms with van der Waals surface area (Å²) in [5.74, 6) is 8.49. The molecule has 2 aromatic rings. The Hall–Kier alpha value is -0.483. The molecule has 0 saturated heterocycles. The van der Waals surface area contributed by atoms with Crippen LogP contribution in [0.4, 0.5) is 0 Å². The molecule has 0 unspecified atom stereocenters. The first-order chi connectivity index (χ1) is 7.90. The standard InChI is InChI=1S/C16H9.Ce.2ClH/c1-2-15-10-6-7-11-16(15)13-12-14-8-4-3-5-9-14;;;/h3-11H;;2*1H/p-2. The summed E-state index contributed by atoms with van der Waals surface area (Å²) in [4.78, 5) is 0. The smallest absolute Gasteiger partial charge is 0.0412 e. The Bertz CT molecular complexity index is 589. The van der Waals surface area contributed by atoms with E-state index in [4.69, 9.17) is 6.42 Å². The molecule has 0 fully saturated rings. The van der Waals surface area contributed by atoms with Gasteiger partial charge in [-0.15, -0.1) is 0 Å². The summed E-state index contributed by atoms with van der Waals surface area (Å²) in [7, 11) is 0. The van der Waals surface area contributed by atoms with Crippen molar-refractivity contribution in [1.82, 2.24) is 0 Å². The fraction of sp³-hybridized carbons (Fsp3) is 0. The molecule has 1 radical (unpaired) electrons. The van der Waals surface area contributed by atoms with Crippen LogP contribution in [-0.2, 0) is 0 Å². The van der Waals surface area contributed by atoms with Crippen LogP contribution < -0.4 is 24.8 Å². The molecule has 0 amide bonds. The molecular formula is C16H9CeCl2-2. The minimum absolute atomic E-state index is 0. The number of benzene rings is 2. The van der Waals surface area contributed by atoms with Gasteiger partial charge in [-0.25, -0.2) is 0 Å². The maximum atomic E-state index is 7.15. The molecule has 0 aliphatic heterocycles. The van der Waals surface area contributed by atoms with Gasteiger partial charge in [-0.3, -0.25) is 0 Å². The van der Waals surface area contributed by atoms with Gasteiger partial charge in [-0.05, 0) is 30.7 Å². The summed E-state index contributed by atoms with van der Waals surface area (Å²) >= 11 is 0. The van der Waals surface area contributed by atoms with Gasteiger partial charge in [-0.1, -0.05) is 48.1 Å². The molecule has 2 rings (SSSR count). The van der Waals surface area contributed by atoms with Crippen molar-refractivity contribution in [2.45, 2.75) is 0 Å². The molecule has 0 N–H and O–H groups in total. The van der Waals surface area contributed by atoms with Crippen molar-refractivity contribution in [3.63, 3.8) is 0 Å². The van der Waals surface area contributed by atoms with Gasteiger partial charge < -0.3 is 24.8 Å². The zero-order chi connectivity index (χ0) is 11.2. The van der Waals surface area contributed by atoms with E-state index < -0.39 is 0 Å². The van der Waals surface area contributed by atoms with Crippen molar-refractivity contribution in [3.8, 4) is 17.8 Å². The van der Waals surface area contributed by atoms with E-state index in [0.29, 0.717) is 0 Å². The molecule has 0 heterocycles. The molecule has 93 valence electrons. The molecule has 0 aliphatic carbocycles. The third-order valence-corrected chi connectivity index (χ3v) is 2.18. The normalized spacial score (nSPS) is 7.32. The van der Waals surface area contributed by atoms with Crippen molar-refractivity contribution < 1.29 is 66.6 Å². The molecule has 0 aromatic heterocycles. The second kappa shape index (κ2) is 11.4. The van der Waals surface area contributed by atoms with Crippen molar-refractivity contribution in [1.29, 1.82) is 0 Å². The van der Waals surface area contributed by atoms with E-state index in [2.05, 4.69) is 17.8 Å². The summed E-state index contributed by atoms with van der Waals surface area (Å²) in [6.07, 6.45) is 7.15. The summed E-state index contributed by atoms with van der Waals surface area (Å²) in [5, 5.41) is 0. The molecule has 0 bridgehead atoms. The Morgan fingerprint density at radius 3 is 1.79 bits per heavy atom. The maximum absolute atomic E-state index is 7.15. The minimum Gasteiger partial charge on any atom is -1.00 e. The summed E-state index contributed by atoms with van der Waals surface area (Å²) in [6, 6.07) is 17.3. The minimum atomic E-state index is 0. The Kier molecular flexibility index (Phi) is 12.4. The van der Waals surface area contributed by atoms with E-state index in [9.17, 15) is 0 Å². The molecule has 0 spiro atoms. The number of halogens is 2. The average Bonchev–Trinajstić information content (AvgIpc) is 2.38. The zero-order valence-electron chi connectivity index (χ0n) is 9.95. The monoisotopic (exact) mass is 411 g/mol. The molecule has 0 saturated carbocycles. The number of hydrogen-bond acceptors (Lipinski definition) is 0. The second-order valence-electron chi connectivity index (χ2n) is 3.29. The SMILES string of the molecule is [C]#Cc1ccccc1C#Cc1ccccc1.[Ce].[Cl-].[Cl-]. The van der Waals surface area contributed by atoms with Crippen LogP contribution in [0.25, 0.3) is 0 Å². The summed E-state index contributed by atoms with van der Waals surface area (Å²) < 4.78 is 0.